The van der Waals surface area contributed by atoms with Gasteiger partial charge in [0.15, 0.2) is 0 Å². The van der Waals surface area contributed by atoms with Crippen molar-refractivity contribution in [3.05, 3.63) is 377 Å². The molecule has 0 unspecified atom stereocenters. The number of halogens is 3. The quantitative estimate of drug-likeness (QED) is 0.157. The van der Waals surface area contributed by atoms with Crippen molar-refractivity contribution >= 4 is 135 Å². The Morgan fingerprint density at radius 3 is 0.816 bits per heavy atom. The highest BCUT2D eigenvalue weighted by Gasteiger charge is 2.19. The Labute approximate surface area is 620 Å². The number of nitrogens with zero attached hydrogens (tertiary/aromatic N) is 5. The molecule has 6 heterocycles. The topological polar surface area (TPSA) is 56.4 Å². The monoisotopic (exact) mass is 1510 g/mol. The summed E-state index contributed by atoms with van der Waals surface area (Å²) in [7, 11) is 0. The lowest BCUT2D eigenvalue weighted by Crippen LogP contribution is -1.97. The van der Waals surface area contributed by atoms with Gasteiger partial charge >= 0.3 is 0 Å². The number of aromatic nitrogens is 6. The van der Waals surface area contributed by atoms with E-state index in [1.807, 2.05) is 24.3 Å². The van der Waals surface area contributed by atoms with Gasteiger partial charge in [-0.1, -0.05) is 266 Å². The molecule has 0 atom stereocenters. The lowest BCUT2D eigenvalue weighted by molar-refractivity contribution is 1.17. The second-order valence-corrected chi connectivity index (χ2v) is 28.5. The van der Waals surface area contributed by atoms with Gasteiger partial charge in [0.1, 0.15) is 0 Å². The van der Waals surface area contributed by atoms with Crippen LogP contribution in [0.2, 0.25) is 0 Å². The van der Waals surface area contributed by atoms with E-state index in [0.717, 1.165) is 97.8 Å². The first-order valence-electron chi connectivity index (χ1n) is 34.3. The molecule has 0 aliphatic carbocycles. The normalized spacial score (nSPS) is 11.4. The average Bonchev–Trinajstić information content (AvgIpc) is 1.63. The van der Waals surface area contributed by atoms with Gasteiger partial charge in [0.2, 0.25) is 0 Å². The zero-order chi connectivity index (χ0) is 68.9. The largest absolute Gasteiger partial charge is 0.355 e. The van der Waals surface area contributed by atoms with E-state index in [0.29, 0.717) is 0 Å². The van der Waals surface area contributed by atoms with Crippen LogP contribution in [0.4, 0.5) is 0 Å². The highest BCUT2D eigenvalue weighted by atomic mass is 79.9. The molecule has 0 amide bonds. The first-order chi connectivity index (χ1) is 50.8. The van der Waals surface area contributed by atoms with Crippen molar-refractivity contribution in [2.24, 2.45) is 0 Å². The standard InChI is InChI=1S/C59H38N4.C23H14Br3N.C12H9N/c1-7-25-54-46(19-1)47-20-2-8-26-55(47)61(54)43-33-31-39(32-34-43)42-37-52(40-15-13-17-44(35-40)62-56-27-9-3-21-48(56)49-22-4-10-28-57(49)62)60-53(38-42)41-16-14-18-45(36-41)63-58-29-11-5-23-50(58)51-24-6-12-30-59(51)63;24-19-9-7-15(8-10-19)18-13-22(16-3-1-5-20(25)11-16)27-23(14-18)17-4-2-6-21(26)12-17;1-3-7-11-9(5-1)10-6-2-4-8-12(10)13-11/h1-38H;1-14H;1-8,13H. The predicted octanol–water partition coefficient (Wildman–Crippen LogP) is 27.1. The van der Waals surface area contributed by atoms with Gasteiger partial charge in [0.25, 0.3) is 0 Å². The molecule has 6 nitrogen and oxygen atoms in total. The number of hydrogen-bond donors (Lipinski definition) is 1. The molecule has 20 aromatic rings. The van der Waals surface area contributed by atoms with Crippen LogP contribution in [-0.2, 0) is 0 Å². The summed E-state index contributed by atoms with van der Waals surface area (Å²) in [5.41, 5.74) is 25.4. The van der Waals surface area contributed by atoms with Crippen LogP contribution in [-0.4, -0.2) is 28.7 Å². The van der Waals surface area contributed by atoms with Crippen LogP contribution in [0.5, 0.6) is 0 Å². The Kier molecular flexibility index (Phi) is 16.7. The molecule has 1 N–H and O–H groups in total. The Morgan fingerprint density at radius 2 is 0.476 bits per heavy atom. The van der Waals surface area contributed by atoms with Crippen molar-refractivity contribution in [1.29, 1.82) is 0 Å². The van der Waals surface area contributed by atoms with Crippen molar-refractivity contribution in [3.63, 3.8) is 0 Å². The molecular weight excluding hydrogens is 1450 g/mol. The minimum atomic E-state index is 0.916. The van der Waals surface area contributed by atoms with E-state index in [2.05, 4.69) is 406 Å². The van der Waals surface area contributed by atoms with E-state index < -0.39 is 0 Å². The Morgan fingerprint density at radius 1 is 0.194 bits per heavy atom. The second-order valence-electron chi connectivity index (χ2n) is 25.8. The number of benzene rings is 14. The average molecular weight is 1510 g/mol. The second kappa shape index (κ2) is 27.2. The van der Waals surface area contributed by atoms with Crippen LogP contribution >= 0.6 is 47.8 Å². The summed E-state index contributed by atoms with van der Waals surface area (Å²) >= 11 is 10.6. The molecule has 0 fully saturated rings. The molecule has 9 heteroatoms. The number of fused-ring (bicyclic) bond motifs is 12. The number of nitrogens with one attached hydrogen (secondary N) is 1. The van der Waals surface area contributed by atoms with Crippen LogP contribution in [0.25, 0.3) is 172 Å². The number of para-hydroxylation sites is 8. The highest BCUT2D eigenvalue weighted by molar-refractivity contribution is 9.11. The van der Waals surface area contributed by atoms with Crippen LogP contribution in [0.3, 0.4) is 0 Å². The van der Waals surface area contributed by atoms with Crippen molar-refractivity contribution in [1.82, 2.24) is 28.7 Å². The third kappa shape index (κ3) is 12.1. The molecule has 0 spiro atoms. The number of aromatic amines is 1. The van der Waals surface area contributed by atoms with Gasteiger partial charge in [-0.05, 0) is 168 Å². The molecule has 0 saturated heterocycles. The number of rotatable bonds is 9. The number of H-pyrrole nitrogens is 1. The number of hydrogen-bond acceptors (Lipinski definition) is 2. The van der Waals surface area contributed by atoms with Crippen molar-refractivity contribution in [2.45, 2.75) is 0 Å². The highest BCUT2D eigenvalue weighted by Crippen LogP contribution is 2.40. The van der Waals surface area contributed by atoms with Crippen molar-refractivity contribution in [3.8, 4) is 84.3 Å². The van der Waals surface area contributed by atoms with Gasteiger partial charge < -0.3 is 18.7 Å². The van der Waals surface area contributed by atoms with Crippen molar-refractivity contribution < 1.29 is 0 Å². The molecule has 20 rings (SSSR count). The molecule has 0 aliphatic rings. The lowest BCUT2D eigenvalue weighted by atomic mass is 9.99. The van der Waals surface area contributed by atoms with E-state index in [9.17, 15) is 0 Å². The van der Waals surface area contributed by atoms with Gasteiger partial charge in [-0.3, -0.25) is 0 Å². The summed E-state index contributed by atoms with van der Waals surface area (Å²) in [6.45, 7) is 0. The molecule has 0 saturated carbocycles. The zero-order valence-corrected chi connectivity index (χ0v) is 60.3. The van der Waals surface area contributed by atoms with Crippen LogP contribution in [0, 0.1) is 0 Å². The molecule has 14 aromatic carbocycles. The van der Waals surface area contributed by atoms with Crippen molar-refractivity contribution in [2.75, 3.05) is 0 Å². The Hall–Kier alpha value is -12.0. The first kappa shape index (κ1) is 63.2. The SMILES string of the molecule is Brc1ccc(-c2cc(-c3cccc(Br)c3)nc(-c3cccc(Br)c3)c2)cc1.c1cc(-c2cc(-c3ccc(-n4c5ccccc5c5ccccc54)cc3)cc(-c3cccc(-n4c5ccccc5c5ccccc54)c3)n2)cc(-n2c3ccccc3c3ccccc32)c1.c1ccc2c(c1)[nH]c1ccccc12. The first-order valence-corrected chi connectivity index (χ1v) is 36.7. The van der Waals surface area contributed by atoms with Crippen LogP contribution in [0.1, 0.15) is 0 Å². The fourth-order valence-corrected chi connectivity index (χ4v) is 15.8. The third-order valence-electron chi connectivity index (χ3n) is 19.5. The summed E-state index contributed by atoms with van der Waals surface area (Å²) in [5.74, 6) is 0. The zero-order valence-electron chi connectivity index (χ0n) is 55.5. The molecule has 0 aliphatic heterocycles. The smallest absolute Gasteiger partial charge is 0.0716 e. The van der Waals surface area contributed by atoms with E-state index >= 15 is 0 Å². The third-order valence-corrected chi connectivity index (χ3v) is 21.0. The molecular formula is C94H61Br3N6. The minimum Gasteiger partial charge on any atom is -0.355 e. The van der Waals surface area contributed by atoms with Gasteiger partial charge in [-0.15, -0.1) is 0 Å². The Bertz CT molecular complexity index is 6170. The molecule has 0 radical (unpaired) electrons. The maximum atomic E-state index is 5.50. The molecule has 488 valence electrons. The van der Waals surface area contributed by atoms with E-state index in [-0.39, 0.29) is 0 Å². The van der Waals surface area contributed by atoms with Gasteiger partial charge in [-0.25, -0.2) is 9.97 Å². The van der Waals surface area contributed by atoms with E-state index in [4.69, 9.17) is 9.97 Å². The number of pyridine rings is 2. The lowest BCUT2D eigenvalue weighted by Gasteiger charge is -2.14. The fraction of sp³-hybridized carbons (Fsp3) is 0. The van der Waals surface area contributed by atoms with E-state index in [1.165, 1.54) is 87.2 Å². The van der Waals surface area contributed by atoms with E-state index in [1.54, 1.807) is 0 Å². The molecule has 103 heavy (non-hydrogen) atoms. The minimum absolute atomic E-state index is 0.916. The maximum Gasteiger partial charge on any atom is 0.0716 e. The summed E-state index contributed by atoms with van der Waals surface area (Å²) in [5, 5.41) is 10.1. The summed E-state index contributed by atoms with van der Waals surface area (Å²) < 4.78 is 10.3. The molecule has 6 aromatic heterocycles. The van der Waals surface area contributed by atoms with Crippen LogP contribution in [0.15, 0.2) is 377 Å². The summed E-state index contributed by atoms with van der Waals surface area (Å²) in [4.78, 5) is 13.8. The predicted molar refractivity (Wildman–Crippen MR) is 443 cm³/mol. The Balaban J connectivity index is 0.000000154. The summed E-state index contributed by atoms with van der Waals surface area (Å²) in [6.07, 6.45) is 0. The van der Waals surface area contributed by atoms with Gasteiger partial charge in [0, 0.05) is 107 Å². The van der Waals surface area contributed by atoms with Gasteiger partial charge in [0.05, 0.1) is 55.9 Å². The maximum absolute atomic E-state index is 5.50. The summed E-state index contributed by atoms with van der Waals surface area (Å²) in [6, 6.07) is 129. The fourth-order valence-electron chi connectivity index (χ4n) is 14.7. The van der Waals surface area contributed by atoms with Crippen LogP contribution < -0.4 is 0 Å². The van der Waals surface area contributed by atoms with Gasteiger partial charge in [-0.2, -0.15) is 0 Å². The molecule has 0 bridgehead atoms.